The Kier molecular flexibility index (Phi) is 9.35. The number of rotatable bonds is 10. The quantitative estimate of drug-likeness (QED) is 0.126. The SMILES string of the molecule is Cc1nc2cc(C(=O)Nc3nc(-c4ccccn4)cs3)ccc2n1CCCC(=O)NCc1cc(F)c(OC(=O)I)c(F)c1. The number of aryl methyl sites for hydroxylation is 2. The summed E-state index contributed by atoms with van der Waals surface area (Å²) in [6.07, 6.45) is 2.33. The van der Waals surface area contributed by atoms with Gasteiger partial charge in [0.2, 0.25) is 11.7 Å². The Bertz CT molecular complexity index is 1810. The van der Waals surface area contributed by atoms with Gasteiger partial charge < -0.3 is 14.6 Å². The van der Waals surface area contributed by atoms with Crippen molar-refractivity contribution in [3.8, 4) is 17.1 Å². The van der Waals surface area contributed by atoms with Crippen LogP contribution in [0.25, 0.3) is 22.4 Å². The first-order valence-electron chi connectivity index (χ1n) is 12.9. The highest BCUT2D eigenvalue weighted by Gasteiger charge is 2.17. The van der Waals surface area contributed by atoms with Crippen LogP contribution in [0.1, 0.15) is 34.6 Å². The van der Waals surface area contributed by atoms with E-state index < -0.39 is 21.4 Å². The zero-order valence-electron chi connectivity index (χ0n) is 22.6. The van der Waals surface area contributed by atoms with E-state index in [1.54, 1.807) is 18.3 Å². The number of ether oxygens (including phenoxy) is 1. The van der Waals surface area contributed by atoms with E-state index in [4.69, 9.17) is 0 Å². The number of imidazole rings is 1. The van der Waals surface area contributed by atoms with Gasteiger partial charge in [-0.2, -0.15) is 0 Å². The third-order valence-corrected chi connectivity index (χ3v) is 7.35. The summed E-state index contributed by atoms with van der Waals surface area (Å²) in [6.45, 7) is 2.25. The predicted octanol–water partition coefficient (Wildman–Crippen LogP) is 6.42. The molecule has 5 aromatic rings. The number of halogens is 3. The third-order valence-electron chi connectivity index (χ3n) is 6.37. The summed E-state index contributed by atoms with van der Waals surface area (Å²) in [5, 5.41) is 7.75. The number of hydrogen-bond donors (Lipinski definition) is 2. The normalized spacial score (nSPS) is 11.0. The second-order valence-corrected chi connectivity index (χ2v) is 11.1. The van der Waals surface area contributed by atoms with Crippen LogP contribution >= 0.6 is 33.9 Å². The van der Waals surface area contributed by atoms with Gasteiger partial charge in [0.25, 0.3) is 5.91 Å². The van der Waals surface area contributed by atoms with E-state index in [2.05, 4.69) is 30.3 Å². The summed E-state index contributed by atoms with van der Waals surface area (Å²) in [5.74, 6) is -2.72. The number of carbonyl (C=O) groups excluding carboxylic acids is 3. The average Bonchev–Trinajstić information content (AvgIpc) is 3.57. The Morgan fingerprint density at radius 3 is 2.56 bits per heavy atom. The fraction of sp³-hybridized carbons (Fsp3) is 0.172. The van der Waals surface area contributed by atoms with Crippen molar-refractivity contribution in [3.63, 3.8) is 0 Å². The maximum absolute atomic E-state index is 14.1. The number of nitrogens with one attached hydrogen (secondary N) is 2. The maximum atomic E-state index is 14.1. The van der Waals surface area contributed by atoms with Gasteiger partial charge >= 0.3 is 3.98 Å². The minimum atomic E-state index is -1.03. The molecule has 0 fully saturated rings. The van der Waals surface area contributed by atoms with Gasteiger partial charge in [0, 0.05) is 36.7 Å². The molecule has 220 valence electrons. The number of carbonyl (C=O) groups is 3. The topological polar surface area (TPSA) is 128 Å². The summed E-state index contributed by atoms with van der Waals surface area (Å²) in [5.41, 5.74) is 3.48. The number of benzene rings is 2. The van der Waals surface area contributed by atoms with Crippen molar-refractivity contribution in [1.29, 1.82) is 0 Å². The first kappa shape index (κ1) is 30.2. The van der Waals surface area contributed by atoms with Crippen molar-refractivity contribution in [2.45, 2.75) is 32.9 Å². The van der Waals surface area contributed by atoms with Crippen molar-refractivity contribution in [1.82, 2.24) is 24.8 Å². The summed E-state index contributed by atoms with van der Waals surface area (Å²) in [4.78, 5) is 49.6. The molecule has 0 spiro atoms. The molecule has 3 heterocycles. The van der Waals surface area contributed by atoms with Crippen LogP contribution in [0.3, 0.4) is 0 Å². The molecule has 0 aliphatic carbocycles. The first-order valence-corrected chi connectivity index (χ1v) is 14.9. The highest BCUT2D eigenvalue weighted by molar-refractivity contribution is 14.1. The van der Waals surface area contributed by atoms with E-state index in [0.29, 0.717) is 34.9 Å². The molecule has 43 heavy (non-hydrogen) atoms. The smallest absolute Gasteiger partial charge is 0.372 e. The average molecular weight is 717 g/mol. The van der Waals surface area contributed by atoms with Gasteiger partial charge in [-0.25, -0.2) is 23.5 Å². The van der Waals surface area contributed by atoms with Crippen molar-refractivity contribution in [2.24, 2.45) is 0 Å². The van der Waals surface area contributed by atoms with E-state index in [1.807, 2.05) is 41.1 Å². The van der Waals surface area contributed by atoms with Gasteiger partial charge in [-0.15, -0.1) is 11.3 Å². The molecule has 0 radical (unpaired) electrons. The molecule has 0 saturated carbocycles. The minimum Gasteiger partial charge on any atom is -0.413 e. The molecule has 0 aliphatic rings. The molecular formula is C29H23F2IN6O4S. The number of nitrogens with zero attached hydrogens (tertiary/aromatic N) is 4. The van der Waals surface area contributed by atoms with E-state index >= 15 is 0 Å². The molecule has 0 atom stereocenters. The van der Waals surface area contributed by atoms with Crippen LogP contribution in [0, 0.1) is 18.6 Å². The molecule has 2 aromatic carbocycles. The van der Waals surface area contributed by atoms with Gasteiger partial charge in [0.05, 0.1) is 39.3 Å². The minimum absolute atomic E-state index is 0.0888. The molecule has 0 unspecified atom stereocenters. The molecule has 10 nitrogen and oxygen atoms in total. The zero-order chi connectivity index (χ0) is 30.5. The van der Waals surface area contributed by atoms with Gasteiger partial charge in [-0.3, -0.25) is 19.9 Å². The molecule has 2 amide bonds. The fourth-order valence-corrected chi connectivity index (χ4v) is 5.30. The lowest BCUT2D eigenvalue weighted by atomic mass is 10.2. The molecule has 14 heteroatoms. The Labute approximate surface area is 261 Å². The Morgan fingerprint density at radius 2 is 1.84 bits per heavy atom. The Balaban J connectivity index is 1.15. The van der Waals surface area contributed by atoms with E-state index in [-0.39, 0.29) is 30.3 Å². The molecule has 3 aromatic heterocycles. The fourth-order valence-electron chi connectivity index (χ4n) is 4.39. The molecule has 5 rings (SSSR count). The Hall–Kier alpha value is -4.31. The number of thiazole rings is 1. The number of amides is 2. The number of fused-ring (bicyclic) bond motifs is 1. The number of hydrogen-bond acceptors (Lipinski definition) is 8. The molecular weight excluding hydrogens is 693 g/mol. The number of aromatic nitrogens is 4. The van der Waals surface area contributed by atoms with Crippen LogP contribution < -0.4 is 15.4 Å². The van der Waals surface area contributed by atoms with Crippen molar-refractivity contribution >= 4 is 65.9 Å². The van der Waals surface area contributed by atoms with Crippen LogP contribution in [0.15, 0.2) is 60.1 Å². The van der Waals surface area contributed by atoms with Gasteiger partial charge in [0.15, 0.2) is 16.8 Å². The van der Waals surface area contributed by atoms with E-state index in [9.17, 15) is 23.2 Å². The maximum Gasteiger partial charge on any atom is 0.372 e. The van der Waals surface area contributed by atoms with Crippen LogP contribution in [0.4, 0.5) is 18.7 Å². The monoisotopic (exact) mass is 716 g/mol. The molecule has 0 aliphatic heterocycles. The number of anilines is 1. The van der Waals surface area contributed by atoms with Crippen LogP contribution in [-0.2, 0) is 17.9 Å². The third kappa shape index (κ3) is 7.37. The van der Waals surface area contributed by atoms with E-state index in [1.165, 1.54) is 33.9 Å². The lowest BCUT2D eigenvalue weighted by Gasteiger charge is -2.10. The second-order valence-electron chi connectivity index (χ2n) is 9.33. The van der Waals surface area contributed by atoms with Crippen LogP contribution in [0.5, 0.6) is 5.75 Å². The highest BCUT2D eigenvalue weighted by atomic mass is 127. The first-order chi connectivity index (χ1) is 20.7. The highest BCUT2D eigenvalue weighted by Crippen LogP contribution is 2.26. The van der Waals surface area contributed by atoms with Gasteiger partial charge in [-0.05, 0) is 61.4 Å². The molecule has 2 N–H and O–H groups in total. The van der Waals surface area contributed by atoms with Crippen molar-refractivity contribution in [2.75, 3.05) is 5.32 Å². The lowest BCUT2D eigenvalue weighted by molar-refractivity contribution is -0.121. The largest absolute Gasteiger partial charge is 0.413 e. The standard InChI is InChI=1S/C29H23F2IN6O4S/c1-16-35-22-13-18(27(40)37-29-36-23(15-43-29)21-5-2-3-9-33-21)7-8-24(22)38(16)10-4-6-25(39)34-14-17-11-19(30)26(20(31)12-17)42-28(32)41/h2-3,5,7-9,11-13,15H,4,6,10,14H2,1H3,(H,34,39)(H,36,37,40). The lowest BCUT2D eigenvalue weighted by Crippen LogP contribution is -2.23. The predicted molar refractivity (Wildman–Crippen MR) is 165 cm³/mol. The zero-order valence-corrected chi connectivity index (χ0v) is 25.5. The second kappa shape index (κ2) is 13.3. The number of pyridine rings is 1. The van der Waals surface area contributed by atoms with Crippen LogP contribution in [0.2, 0.25) is 0 Å². The van der Waals surface area contributed by atoms with E-state index in [0.717, 1.165) is 29.2 Å². The van der Waals surface area contributed by atoms with Gasteiger partial charge in [0.1, 0.15) is 11.5 Å². The molecule has 0 bridgehead atoms. The van der Waals surface area contributed by atoms with Crippen LogP contribution in [-0.4, -0.2) is 35.3 Å². The summed E-state index contributed by atoms with van der Waals surface area (Å²) >= 11 is 2.58. The summed E-state index contributed by atoms with van der Waals surface area (Å²) in [6, 6.07) is 12.8. The molecule has 0 saturated heterocycles. The Morgan fingerprint density at radius 1 is 1.05 bits per heavy atom. The summed E-state index contributed by atoms with van der Waals surface area (Å²) < 4.78 is 33.8. The van der Waals surface area contributed by atoms with Crippen molar-refractivity contribution in [3.05, 3.63) is 88.7 Å². The van der Waals surface area contributed by atoms with Gasteiger partial charge in [-0.1, -0.05) is 6.07 Å². The summed E-state index contributed by atoms with van der Waals surface area (Å²) in [7, 11) is 0. The van der Waals surface area contributed by atoms with Crippen molar-refractivity contribution < 1.29 is 27.9 Å².